The van der Waals surface area contributed by atoms with Gasteiger partial charge in [-0.05, 0) is 6.92 Å². The Morgan fingerprint density at radius 3 is 2.50 bits per heavy atom. The summed E-state index contributed by atoms with van der Waals surface area (Å²) in [6.45, 7) is 7.57. The number of aromatic nitrogens is 2. The summed E-state index contributed by atoms with van der Waals surface area (Å²) < 4.78 is 0. The van der Waals surface area contributed by atoms with Gasteiger partial charge in [-0.2, -0.15) is 0 Å². The lowest BCUT2D eigenvalue weighted by molar-refractivity contribution is 0.776. The van der Waals surface area contributed by atoms with E-state index in [4.69, 9.17) is 10.7 Å². The largest absolute Gasteiger partial charge is 0.381 e. The van der Waals surface area contributed by atoms with Gasteiger partial charge in [-0.1, -0.05) is 43.7 Å². The predicted molar refractivity (Wildman–Crippen MR) is 83.8 cm³/mol. The lowest BCUT2D eigenvalue weighted by atomic mass is 10.1. The Bertz CT molecular complexity index is 561. The Morgan fingerprint density at radius 1 is 1.20 bits per heavy atom. The quantitative estimate of drug-likeness (QED) is 0.876. The van der Waals surface area contributed by atoms with E-state index in [2.05, 4.69) is 55.3 Å². The molecule has 2 rings (SSSR count). The van der Waals surface area contributed by atoms with Gasteiger partial charge in [-0.25, -0.2) is 9.97 Å². The fourth-order valence-electron chi connectivity index (χ4n) is 1.94. The average molecular weight is 270 g/mol. The second-order valence-electron chi connectivity index (χ2n) is 5.23. The van der Waals surface area contributed by atoms with Crippen LogP contribution in [-0.4, -0.2) is 23.1 Å². The zero-order valence-corrected chi connectivity index (χ0v) is 12.4. The monoisotopic (exact) mass is 270 g/mol. The number of nitrogens with zero attached hydrogens (tertiary/aromatic N) is 2. The molecule has 0 saturated carbocycles. The fraction of sp³-hybridized carbons (Fsp3) is 0.375. The van der Waals surface area contributed by atoms with Crippen molar-refractivity contribution in [1.29, 1.82) is 0 Å². The predicted octanol–water partition coefficient (Wildman–Crippen LogP) is 2.95. The van der Waals surface area contributed by atoms with Gasteiger partial charge in [0, 0.05) is 24.6 Å². The number of nitrogens with two attached hydrogens (primary N) is 1. The second-order valence-corrected chi connectivity index (χ2v) is 5.23. The van der Waals surface area contributed by atoms with E-state index in [-0.39, 0.29) is 0 Å². The molecular weight excluding hydrogens is 248 g/mol. The molecule has 0 aliphatic heterocycles. The molecule has 0 saturated heterocycles. The summed E-state index contributed by atoms with van der Waals surface area (Å²) in [5.41, 5.74) is 9.77. The van der Waals surface area contributed by atoms with E-state index in [1.807, 2.05) is 6.20 Å². The van der Waals surface area contributed by atoms with Crippen LogP contribution in [0.4, 0.5) is 5.69 Å². The highest BCUT2D eigenvalue weighted by atomic mass is 15.0. The number of nitrogens with one attached hydrogen (secondary N) is 1. The first-order valence-electron chi connectivity index (χ1n) is 6.99. The summed E-state index contributed by atoms with van der Waals surface area (Å²) in [5, 5.41) is 3.29. The van der Waals surface area contributed by atoms with Crippen LogP contribution >= 0.6 is 0 Å². The van der Waals surface area contributed by atoms with Crippen LogP contribution in [0.15, 0.2) is 30.5 Å². The molecule has 0 atom stereocenters. The molecule has 2 aromatic rings. The van der Waals surface area contributed by atoms with E-state index >= 15 is 0 Å². The van der Waals surface area contributed by atoms with Crippen molar-refractivity contribution in [3.8, 4) is 11.3 Å². The van der Waals surface area contributed by atoms with E-state index in [0.29, 0.717) is 19.0 Å². The van der Waals surface area contributed by atoms with E-state index in [9.17, 15) is 0 Å². The Labute approximate surface area is 120 Å². The molecule has 1 aromatic heterocycles. The van der Waals surface area contributed by atoms with E-state index in [1.165, 1.54) is 5.56 Å². The maximum Gasteiger partial charge on any atom is 0.131 e. The Hall–Kier alpha value is -1.94. The summed E-state index contributed by atoms with van der Waals surface area (Å²) in [5.74, 6) is 1.17. The van der Waals surface area contributed by atoms with Crippen molar-refractivity contribution in [1.82, 2.24) is 9.97 Å². The SMILES string of the molecule is Cc1ccc(-c2nc(C(C)C)ncc2NCCN)cc1. The first kappa shape index (κ1) is 14.5. The molecule has 0 aliphatic carbocycles. The Kier molecular flexibility index (Phi) is 4.69. The van der Waals surface area contributed by atoms with Crippen LogP contribution in [0.25, 0.3) is 11.3 Å². The number of hydrogen-bond acceptors (Lipinski definition) is 4. The molecule has 4 heteroatoms. The molecule has 0 spiro atoms. The van der Waals surface area contributed by atoms with Gasteiger partial charge in [0.15, 0.2) is 0 Å². The van der Waals surface area contributed by atoms with Crippen molar-refractivity contribution >= 4 is 5.69 Å². The van der Waals surface area contributed by atoms with Crippen molar-refractivity contribution in [3.63, 3.8) is 0 Å². The van der Waals surface area contributed by atoms with E-state index in [0.717, 1.165) is 22.8 Å². The topological polar surface area (TPSA) is 63.8 Å². The molecule has 0 fully saturated rings. The van der Waals surface area contributed by atoms with Crippen molar-refractivity contribution in [2.45, 2.75) is 26.7 Å². The number of aryl methyl sites for hydroxylation is 1. The lowest BCUT2D eigenvalue weighted by Crippen LogP contribution is -2.14. The molecule has 0 bridgehead atoms. The smallest absolute Gasteiger partial charge is 0.131 e. The van der Waals surface area contributed by atoms with Crippen molar-refractivity contribution in [2.24, 2.45) is 5.73 Å². The standard InChI is InChI=1S/C16H22N4/c1-11(2)16-19-10-14(18-9-8-17)15(20-16)13-6-4-12(3)5-7-13/h4-7,10-11,18H,8-9,17H2,1-3H3. The van der Waals surface area contributed by atoms with Crippen LogP contribution in [0, 0.1) is 6.92 Å². The maximum absolute atomic E-state index is 5.56. The molecule has 0 amide bonds. The zero-order chi connectivity index (χ0) is 14.5. The summed E-state index contributed by atoms with van der Waals surface area (Å²) in [4.78, 5) is 9.13. The molecule has 0 aliphatic rings. The van der Waals surface area contributed by atoms with Crippen molar-refractivity contribution < 1.29 is 0 Å². The molecule has 20 heavy (non-hydrogen) atoms. The normalized spacial score (nSPS) is 10.8. The van der Waals surface area contributed by atoms with Gasteiger partial charge < -0.3 is 11.1 Å². The Morgan fingerprint density at radius 2 is 1.90 bits per heavy atom. The van der Waals surface area contributed by atoms with Crippen LogP contribution in [0.2, 0.25) is 0 Å². The van der Waals surface area contributed by atoms with Gasteiger partial charge >= 0.3 is 0 Å². The second kappa shape index (κ2) is 6.48. The third-order valence-corrected chi connectivity index (χ3v) is 3.11. The maximum atomic E-state index is 5.56. The van der Waals surface area contributed by atoms with Crippen LogP contribution in [0.5, 0.6) is 0 Å². The summed E-state index contributed by atoms with van der Waals surface area (Å²) in [7, 11) is 0. The van der Waals surface area contributed by atoms with Gasteiger partial charge in [0.25, 0.3) is 0 Å². The van der Waals surface area contributed by atoms with E-state index in [1.54, 1.807) is 0 Å². The number of benzene rings is 1. The van der Waals surface area contributed by atoms with Gasteiger partial charge in [0.05, 0.1) is 17.6 Å². The average Bonchev–Trinajstić information content (AvgIpc) is 2.45. The third kappa shape index (κ3) is 3.33. The molecule has 1 heterocycles. The first-order valence-corrected chi connectivity index (χ1v) is 6.99. The Balaban J connectivity index is 2.45. The number of anilines is 1. The zero-order valence-electron chi connectivity index (χ0n) is 12.4. The minimum Gasteiger partial charge on any atom is -0.381 e. The molecule has 0 unspecified atom stereocenters. The minimum atomic E-state index is 0.308. The third-order valence-electron chi connectivity index (χ3n) is 3.11. The molecule has 3 N–H and O–H groups in total. The molecule has 1 aromatic carbocycles. The van der Waals surface area contributed by atoms with Crippen LogP contribution < -0.4 is 11.1 Å². The highest BCUT2D eigenvalue weighted by molar-refractivity contribution is 5.73. The minimum absolute atomic E-state index is 0.308. The van der Waals surface area contributed by atoms with Crippen molar-refractivity contribution in [2.75, 3.05) is 18.4 Å². The highest BCUT2D eigenvalue weighted by Crippen LogP contribution is 2.27. The van der Waals surface area contributed by atoms with E-state index < -0.39 is 0 Å². The van der Waals surface area contributed by atoms with Crippen LogP contribution in [0.1, 0.15) is 31.2 Å². The number of hydrogen-bond donors (Lipinski definition) is 2. The summed E-state index contributed by atoms with van der Waals surface area (Å²) in [6, 6.07) is 8.38. The fourth-order valence-corrected chi connectivity index (χ4v) is 1.94. The van der Waals surface area contributed by atoms with Gasteiger partial charge in [0.1, 0.15) is 5.82 Å². The van der Waals surface area contributed by atoms with Crippen LogP contribution in [0.3, 0.4) is 0 Å². The van der Waals surface area contributed by atoms with Gasteiger partial charge in [-0.3, -0.25) is 0 Å². The van der Waals surface area contributed by atoms with Crippen LogP contribution in [-0.2, 0) is 0 Å². The van der Waals surface area contributed by atoms with Gasteiger partial charge in [-0.15, -0.1) is 0 Å². The molecule has 0 radical (unpaired) electrons. The first-order chi connectivity index (χ1) is 9.61. The van der Waals surface area contributed by atoms with Gasteiger partial charge in [0.2, 0.25) is 0 Å². The highest BCUT2D eigenvalue weighted by Gasteiger charge is 2.11. The summed E-state index contributed by atoms with van der Waals surface area (Å²) in [6.07, 6.45) is 1.85. The van der Waals surface area contributed by atoms with Crippen molar-refractivity contribution in [3.05, 3.63) is 41.9 Å². The number of rotatable bonds is 5. The molecular formula is C16H22N4. The lowest BCUT2D eigenvalue weighted by Gasteiger charge is -2.13. The molecule has 4 nitrogen and oxygen atoms in total. The molecule has 106 valence electrons. The summed E-state index contributed by atoms with van der Waals surface area (Å²) >= 11 is 0.